The fourth-order valence-electron chi connectivity index (χ4n) is 3.50. The van der Waals surface area contributed by atoms with Crippen molar-refractivity contribution >= 4 is 5.91 Å². The molecule has 0 fully saturated rings. The molecule has 0 aliphatic heterocycles. The van der Waals surface area contributed by atoms with Crippen LogP contribution in [-0.4, -0.2) is 45.1 Å². The molecule has 1 heterocycles. The number of likely N-dealkylation sites (N-methyl/N-ethyl adjacent to an activating group) is 1. The van der Waals surface area contributed by atoms with E-state index in [0.29, 0.717) is 5.56 Å². The van der Waals surface area contributed by atoms with Crippen molar-refractivity contribution in [2.45, 2.75) is 12.2 Å². The van der Waals surface area contributed by atoms with Crippen LogP contribution in [0.1, 0.15) is 17.2 Å². The summed E-state index contributed by atoms with van der Waals surface area (Å²) in [5.74, 6) is -0.304. The molecule has 0 radical (unpaired) electrons. The molecular formula is C24H20F3N5O. The van der Waals surface area contributed by atoms with Crippen LogP contribution in [0.4, 0.5) is 13.2 Å². The van der Waals surface area contributed by atoms with Crippen LogP contribution in [0.5, 0.6) is 0 Å². The minimum atomic E-state index is -4.50. The van der Waals surface area contributed by atoms with Crippen molar-refractivity contribution < 1.29 is 18.0 Å². The molecule has 6 nitrogen and oxygen atoms in total. The van der Waals surface area contributed by atoms with E-state index in [9.17, 15) is 18.0 Å². The van der Waals surface area contributed by atoms with E-state index in [1.807, 2.05) is 54.6 Å². The third-order valence-corrected chi connectivity index (χ3v) is 5.12. The smallest absolute Gasteiger partial charge is 0.347 e. The first-order valence-corrected chi connectivity index (χ1v) is 10.1. The Hall–Kier alpha value is -4.01. The molecule has 9 heteroatoms. The molecule has 0 aliphatic carbocycles. The highest BCUT2D eigenvalue weighted by Gasteiger charge is 2.32. The Labute approximate surface area is 188 Å². The number of halogens is 3. The standard InChI is InChI=1S/C24H20F3N5O/c1-31(2)23(33)21(20-14-7-6-13-19(20)16-9-4-3-5-10-16)32-29-22(28-30-32)17-11-8-12-18(15-17)24(25,26)27/h3-15,21H,1-2H3. The number of nitrogens with zero attached hydrogens (tertiary/aromatic N) is 5. The Morgan fingerprint density at radius 1 is 0.909 bits per heavy atom. The third kappa shape index (κ3) is 4.62. The molecule has 1 unspecified atom stereocenters. The average Bonchev–Trinajstić information content (AvgIpc) is 3.29. The van der Waals surface area contributed by atoms with Crippen molar-refractivity contribution in [3.63, 3.8) is 0 Å². The van der Waals surface area contributed by atoms with Gasteiger partial charge in [-0.05, 0) is 34.0 Å². The van der Waals surface area contributed by atoms with Gasteiger partial charge in [-0.3, -0.25) is 4.79 Å². The number of alkyl halides is 3. The van der Waals surface area contributed by atoms with E-state index in [4.69, 9.17) is 0 Å². The second-order valence-electron chi connectivity index (χ2n) is 7.60. The van der Waals surface area contributed by atoms with Crippen LogP contribution in [0.25, 0.3) is 22.5 Å². The van der Waals surface area contributed by atoms with Crippen molar-refractivity contribution in [2.75, 3.05) is 14.1 Å². The maximum absolute atomic E-state index is 13.2. The topological polar surface area (TPSA) is 63.9 Å². The second kappa shape index (κ2) is 8.85. The highest BCUT2D eigenvalue weighted by atomic mass is 19.4. The van der Waals surface area contributed by atoms with Gasteiger partial charge >= 0.3 is 6.18 Å². The number of hydrogen-bond acceptors (Lipinski definition) is 4. The number of tetrazole rings is 1. The SMILES string of the molecule is CN(C)C(=O)C(c1ccccc1-c1ccccc1)n1nnc(-c2cccc(C(F)(F)F)c2)n1. The third-order valence-electron chi connectivity index (χ3n) is 5.12. The number of carbonyl (C=O) groups excluding carboxylic acids is 1. The highest BCUT2D eigenvalue weighted by molar-refractivity contribution is 5.86. The molecule has 0 bridgehead atoms. The average molecular weight is 451 g/mol. The van der Waals surface area contributed by atoms with Gasteiger partial charge in [0.25, 0.3) is 5.91 Å². The fraction of sp³-hybridized carbons (Fsp3) is 0.167. The van der Waals surface area contributed by atoms with Gasteiger partial charge in [0.1, 0.15) is 0 Å². The van der Waals surface area contributed by atoms with E-state index in [1.165, 1.54) is 17.0 Å². The predicted molar refractivity (Wildman–Crippen MR) is 117 cm³/mol. The zero-order valence-electron chi connectivity index (χ0n) is 17.9. The Morgan fingerprint density at radius 2 is 1.58 bits per heavy atom. The summed E-state index contributed by atoms with van der Waals surface area (Å²) in [6.07, 6.45) is -4.50. The van der Waals surface area contributed by atoms with E-state index in [1.54, 1.807) is 14.1 Å². The maximum atomic E-state index is 13.2. The van der Waals surface area contributed by atoms with Crippen LogP contribution in [0.3, 0.4) is 0 Å². The minimum Gasteiger partial charge on any atom is -0.347 e. The van der Waals surface area contributed by atoms with Crippen LogP contribution >= 0.6 is 0 Å². The largest absolute Gasteiger partial charge is 0.416 e. The molecule has 0 saturated carbocycles. The molecule has 3 aromatic carbocycles. The molecule has 0 aliphatic rings. The number of rotatable bonds is 5. The van der Waals surface area contributed by atoms with E-state index >= 15 is 0 Å². The Kier molecular flexibility index (Phi) is 5.95. The number of hydrogen-bond donors (Lipinski definition) is 0. The van der Waals surface area contributed by atoms with Gasteiger partial charge in [-0.25, -0.2) is 0 Å². The van der Waals surface area contributed by atoms with Gasteiger partial charge < -0.3 is 4.90 Å². The van der Waals surface area contributed by atoms with E-state index in [0.717, 1.165) is 28.1 Å². The molecule has 0 spiro atoms. The van der Waals surface area contributed by atoms with Gasteiger partial charge in [-0.15, -0.1) is 15.0 Å². The lowest BCUT2D eigenvalue weighted by atomic mass is 9.94. The molecule has 0 saturated heterocycles. The Balaban J connectivity index is 1.81. The lowest BCUT2D eigenvalue weighted by Gasteiger charge is -2.22. The van der Waals surface area contributed by atoms with Crippen molar-refractivity contribution in [3.8, 4) is 22.5 Å². The number of aromatic nitrogens is 4. The summed E-state index contributed by atoms with van der Waals surface area (Å²) in [6, 6.07) is 20.7. The van der Waals surface area contributed by atoms with Gasteiger partial charge in [0.05, 0.1) is 5.56 Å². The summed E-state index contributed by atoms with van der Waals surface area (Å²) in [4.78, 5) is 15.8. The zero-order chi connectivity index (χ0) is 23.6. The molecule has 1 amide bonds. The van der Waals surface area contributed by atoms with Crippen LogP contribution in [-0.2, 0) is 11.0 Å². The Bertz CT molecular complexity index is 1270. The second-order valence-corrected chi connectivity index (χ2v) is 7.60. The first-order chi connectivity index (χ1) is 15.8. The van der Waals surface area contributed by atoms with Crippen LogP contribution < -0.4 is 0 Å². The van der Waals surface area contributed by atoms with E-state index < -0.39 is 17.8 Å². The molecule has 168 valence electrons. The first-order valence-electron chi connectivity index (χ1n) is 10.1. The highest BCUT2D eigenvalue weighted by Crippen LogP contribution is 2.33. The van der Waals surface area contributed by atoms with Crippen molar-refractivity contribution in [1.82, 2.24) is 25.1 Å². The van der Waals surface area contributed by atoms with Crippen molar-refractivity contribution in [2.24, 2.45) is 0 Å². The minimum absolute atomic E-state index is 0.00477. The van der Waals surface area contributed by atoms with Crippen molar-refractivity contribution in [1.29, 1.82) is 0 Å². The normalized spacial score (nSPS) is 12.4. The summed E-state index contributed by atoms with van der Waals surface area (Å²) in [7, 11) is 3.23. The number of amides is 1. The zero-order valence-corrected chi connectivity index (χ0v) is 17.9. The van der Waals surface area contributed by atoms with Crippen LogP contribution in [0, 0.1) is 0 Å². The molecule has 1 atom stereocenters. The quantitative estimate of drug-likeness (QED) is 0.441. The monoisotopic (exact) mass is 451 g/mol. The first kappa shape index (κ1) is 22.2. The van der Waals surface area contributed by atoms with Gasteiger partial charge in [0.2, 0.25) is 5.82 Å². The van der Waals surface area contributed by atoms with E-state index in [-0.39, 0.29) is 17.3 Å². The molecule has 0 N–H and O–H groups in total. The summed E-state index contributed by atoms with van der Waals surface area (Å²) >= 11 is 0. The summed E-state index contributed by atoms with van der Waals surface area (Å²) in [5, 5.41) is 12.3. The lowest BCUT2D eigenvalue weighted by molar-refractivity contribution is -0.137. The predicted octanol–water partition coefficient (Wildman–Crippen LogP) is 4.70. The summed E-state index contributed by atoms with van der Waals surface area (Å²) in [5.41, 5.74) is 1.71. The van der Waals surface area contributed by atoms with Gasteiger partial charge in [0.15, 0.2) is 6.04 Å². The summed E-state index contributed by atoms with van der Waals surface area (Å²) in [6.45, 7) is 0. The number of benzene rings is 3. The molecular weight excluding hydrogens is 431 g/mol. The molecule has 4 rings (SSSR count). The van der Waals surface area contributed by atoms with Gasteiger partial charge in [0, 0.05) is 19.7 Å². The van der Waals surface area contributed by atoms with Gasteiger partial charge in [-0.2, -0.15) is 13.2 Å². The number of carbonyl (C=O) groups is 1. The molecule has 4 aromatic rings. The van der Waals surface area contributed by atoms with Crippen LogP contribution in [0.15, 0.2) is 78.9 Å². The fourth-order valence-corrected chi connectivity index (χ4v) is 3.50. The van der Waals surface area contributed by atoms with Crippen molar-refractivity contribution in [3.05, 3.63) is 90.0 Å². The molecule has 33 heavy (non-hydrogen) atoms. The van der Waals surface area contributed by atoms with E-state index in [2.05, 4.69) is 15.4 Å². The maximum Gasteiger partial charge on any atom is 0.416 e. The Morgan fingerprint density at radius 3 is 2.27 bits per heavy atom. The lowest BCUT2D eigenvalue weighted by Crippen LogP contribution is -2.34. The molecule has 1 aromatic heterocycles. The van der Waals surface area contributed by atoms with Crippen LogP contribution in [0.2, 0.25) is 0 Å². The summed E-state index contributed by atoms with van der Waals surface area (Å²) < 4.78 is 39.4. The van der Waals surface area contributed by atoms with Gasteiger partial charge in [-0.1, -0.05) is 66.7 Å².